The van der Waals surface area contributed by atoms with Crippen molar-refractivity contribution in [2.45, 2.75) is 38.0 Å². The molecule has 10 nitrogen and oxygen atoms in total. The van der Waals surface area contributed by atoms with Gasteiger partial charge < -0.3 is 30.9 Å². The number of anilines is 2. The number of nitrogens with zero attached hydrogens (tertiary/aromatic N) is 3. The molecule has 3 aromatic rings. The molecule has 0 spiro atoms. The lowest BCUT2D eigenvalue weighted by molar-refractivity contribution is -0.122. The van der Waals surface area contributed by atoms with Crippen LogP contribution < -0.4 is 20.9 Å². The zero-order valence-corrected chi connectivity index (χ0v) is 24.2. The van der Waals surface area contributed by atoms with Crippen LogP contribution in [0.25, 0.3) is 11.1 Å². The molecule has 1 aromatic heterocycles. The zero-order chi connectivity index (χ0) is 30.3. The Hall–Kier alpha value is -4.35. The first-order chi connectivity index (χ1) is 20.6. The van der Waals surface area contributed by atoms with Crippen molar-refractivity contribution < 1.29 is 23.9 Å². The number of aromatic nitrogens is 1. The van der Waals surface area contributed by atoms with Gasteiger partial charge in [-0.2, -0.15) is 0 Å². The highest BCUT2D eigenvalue weighted by atomic mass is 19.1. The standard InChI is InChI=1S/C32H35FN6O4/c1-19-30(41)38(2)27-12-22(23-7-8-35-28(13-23)36-14-20-3-4-20)5-6-26(27)31(42)39(19)15-21-9-24(11-25(33)10-21)29(40)37-18-32(43)16-34-17-32/h5-13,19-20,34,43H,3-4,14-18H2,1-2H3,(H,35,36)(H,37,40)/t19-/m1/s1. The summed E-state index contributed by atoms with van der Waals surface area (Å²) in [6.45, 7) is 3.21. The van der Waals surface area contributed by atoms with Gasteiger partial charge in [-0.15, -0.1) is 0 Å². The Kier molecular flexibility index (Phi) is 7.61. The Balaban J connectivity index is 1.24. The number of nitrogens with one attached hydrogen (secondary N) is 3. The molecule has 1 saturated carbocycles. The second kappa shape index (κ2) is 11.4. The molecule has 43 heavy (non-hydrogen) atoms. The smallest absolute Gasteiger partial charge is 0.256 e. The van der Waals surface area contributed by atoms with Crippen LogP contribution in [0.2, 0.25) is 0 Å². The summed E-state index contributed by atoms with van der Waals surface area (Å²) >= 11 is 0. The van der Waals surface area contributed by atoms with Crippen molar-refractivity contribution in [2.75, 3.05) is 43.4 Å². The van der Waals surface area contributed by atoms with E-state index in [9.17, 15) is 23.9 Å². The fourth-order valence-electron chi connectivity index (χ4n) is 5.47. The van der Waals surface area contributed by atoms with Crippen molar-refractivity contribution in [2.24, 2.45) is 5.92 Å². The lowest BCUT2D eigenvalue weighted by atomic mass is 9.97. The highest BCUT2D eigenvalue weighted by Gasteiger charge is 2.37. The van der Waals surface area contributed by atoms with Crippen molar-refractivity contribution in [1.29, 1.82) is 0 Å². The first-order valence-corrected chi connectivity index (χ1v) is 14.5. The van der Waals surface area contributed by atoms with Gasteiger partial charge in [0.05, 0.1) is 11.3 Å². The van der Waals surface area contributed by atoms with E-state index in [-0.39, 0.29) is 30.5 Å². The summed E-state index contributed by atoms with van der Waals surface area (Å²) in [5.41, 5.74) is 1.99. The monoisotopic (exact) mass is 586 g/mol. The molecule has 3 aliphatic rings. The Labute approximate surface area is 249 Å². The maximum absolute atomic E-state index is 14.6. The molecule has 1 aliphatic carbocycles. The van der Waals surface area contributed by atoms with Gasteiger partial charge in [0.2, 0.25) is 5.91 Å². The minimum atomic E-state index is -1.02. The Morgan fingerprint density at radius 2 is 1.88 bits per heavy atom. The quantitative estimate of drug-likeness (QED) is 0.304. The highest BCUT2D eigenvalue weighted by molar-refractivity contribution is 6.11. The van der Waals surface area contributed by atoms with Crippen LogP contribution in [0.4, 0.5) is 15.9 Å². The Morgan fingerprint density at radius 3 is 2.60 bits per heavy atom. The molecule has 2 aromatic carbocycles. The summed E-state index contributed by atoms with van der Waals surface area (Å²) < 4.78 is 14.6. The molecule has 6 rings (SSSR count). The molecule has 2 fully saturated rings. The summed E-state index contributed by atoms with van der Waals surface area (Å²) in [5, 5.41) is 19.2. The topological polar surface area (TPSA) is 127 Å². The molecule has 0 unspecified atom stereocenters. The highest BCUT2D eigenvalue weighted by Crippen LogP contribution is 2.34. The van der Waals surface area contributed by atoms with Crippen molar-refractivity contribution >= 4 is 29.2 Å². The predicted octanol–water partition coefficient (Wildman–Crippen LogP) is 2.78. The van der Waals surface area contributed by atoms with Crippen LogP contribution in [0.1, 0.15) is 46.0 Å². The Bertz CT molecular complexity index is 1590. The SMILES string of the molecule is C[C@@H]1C(=O)N(C)c2cc(-c3ccnc(NCC4CC4)c3)ccc2C(=O)N1Cc1cc(F)cc(C(=O)NCC2(O)CNC2)c1. The lowest BCUT2D eigenvalue weighted by Crippen LogP contribution is -2.64. The van der Waals surface area contributed by atoms with Crippen molar-refractivity contribution in [3.63, 3.8) is 0 Å². The van der Waals surface area contributed by atoms with E-state index in [0.29, 0.717) is 35.8 Å². The van der Waals surface area contributed by atoms with Gasteiger partial charge in [-0.25, -0.2) is 9.37 Å². The summed E-state index contributed by atoms with van der Waals surface area (Å²) in [4.78, 5) is 47.4. The van der Waals surface area contributed by atoms with Gasteiger partial charge in [0.15, 0.2) is 0 Å². The summed E-state index contributed by atoms with van der Waals surface area (Å²) in [5.74, 6) is -0.358. The van der Waals surface area contributed by atoms with Gasteiger partial charge in [-0.3, -0.25) is 14.4 Å². The average Bonchev–Trinajstić information content (AvgIpc) is 3.83. The molecule has 2 aliphatic heterocycles. The molecule has 1 saturated heterocycles. The minimum absolute atomic E-state index is 0.0315. The predicted molar refractivity (Wildman–Crippen MR) is 160 cm³/mol. The second-order valence-corrected chi connectivity index (χ2v) is 11.9. The number of fused-ring (bicyclic) bond motifs is 1. The molecule has 3 heterocycles. The summed E-state index contributed by atoms with van der Waals surface area (Å²) in [6, 6.07) is 12.3. The number of pyridine rings is 1. The van der Waals surface area contributed by atoms with Crippen molar-refractivity contribution in [3.05, 3.63) is 77.2 Å². The lowest BCUT2D eigenvalue weighted by Gasteiger charge is -2.37. The van der Waals surface area contributed by atoms with Crippen molar-refractivity contribution in [1.82, 2.24) is 20.5 Å². The van der Waals surface area contributed by atoms with E-state index in [1.54, 1.807) is 26.2 Å². The van der Waals surface area contributed by atoms with Gasteiger partial charge in [0, 0.05) is 51.5 Å². The summed E-state index contributed by atoms with van der Waals surface area (Å²) in [6.07, 6.45) is 4.21. The zero-order valence-electron chi connectivity index (χ0n) is 24.2. The van der Waals surface area contributed by atoms with Crippen LogP contribution in [-0.2, 0) is 11.3 Å². The second-order valence-electron chi connectivity index (χ2n) is 11.9. The minimum Gasteiger partial charge on any atom is -0.385 e. The van der Waals surface area contributed by atoms with Crippen LogP contribution in [0.5, 0.6) is 0 Å². The maximum atomic E-state index is 14.6. The number of carbonyl (C=O) groups excluding carboxylic acids is 3. The number of benzene rings is 2. The van der Waals surface area contributed by atoms with Gasteiger partial charge in [-0.1, -0.05) is 6.07 Å². The third-order valence-electron chi connectivity index (χ3n) is 8.43. The van der Waals surface area contributed by atoms with Gasteiger partial charge in [0.25, 0.3) is 11.8 Å². The number of halogens is 1. The van der Waals surface area contributed by atoms with Crippen LogP contribution in [0.15, 0.2) is 54.7 Å². The fourth-order valence-corrected chi connectivity index (χ4v) is 5.47. The van der Waals surface area contributed by atoms with Crippen LogP contribution in [-0.4, -0.2) is 77.6 Å². The first kappa shape index (κ1) is 28.8. The number of amides is 3. The fraction of sp³-hybridized carbons (Fsp3) is 0.375. The van der Waals surface area contributed by atoms with Gasteiger partial charge in [0.1, 0.15) is 23.3 Å². The van der Waals surface area contributed by atoms with E-state index < -0.39 is 23.4 Å². The third-order valence-corrected chi connectivity index (χ3v) is 8.43. The van der Waals surface area contributed by atoms with E-state index in [2.05, 4.69) is 20.9 Å². The first-order valence-electron chi connectivity index (χ1n) is 14.5. The van der Waals surface area contributed by atoms with E-state index in [1.807, 2.05) is 24.3 Å². The molecule has 4 N–H and O–H groups in total. The Morgan fingerprint density at radius 1 is 1.12 bits per heavy atom. The third kappa shape index (κ3) is 6.09. The van der Waals surface area contributed by atoms with Gasteiger partial charge >= 0.3 is 0 Å². The molecule has 0 bridgehead atoms. The molecule has 0 radical (unpaired) electrons. The number of likely N-dealkylation sites (N-methyl/N-ethyl adjacent to an activating group) is 1. The molecule has 11 heteroatoms. The van der Waals surface area contributed by atoms with Crippen LogP contribution >= 0.6 is 0 Å². The largest absolute Gasteiger partial charge is 0.385 e. The molecule has 1 atom stereocenters. The van der Waals surface area contributed by atoms with E-state index in [4.69, 9.17) is 0 Å². The molecular formula is C32H35FN6O4. The number of hydrogen-bond donors (Lipinski definition) is 4. The number of carbonyl (C=O) groups is 3. The van der Waals surface area contributed by atoms with E-state index in [1.165, 1.54) is 34.8 Å². The number of hydrogen-bond acceptors (Lipinski definition) is 7. The number of β-amino-alcohol motifs (C(OH)–C–C–N with tert-alkyl or cyclic N) is 1. The normalized spacial score (nSPS) is 19.4. The van der Waals surface area contributed by atoms with E-state index in [0.717, 1.165) is 29.6 Å². The van der Waals surface area contributed by atoms with E-state index >= 15 is 0 Å². The van der Waals surface area contributed by atoms with Crippen LogP contribution in [0, 0.1) is 11.7 Å². The number of rotatable bonds is 9. The summed E-state index contributed by atoms with van der Waals surface area (Å²) in [7, 11) is 1.64. The molecular weight excluding hydrogens is 551 g/mol. The molecule has 224 valence electrons. The van der Waals surface area contributed by atoms with Crippen molar-refractivity contribution in [3.8, 4) is 11.1 Å². The number of aliphatic hydroxyl groups is 1. The van der Waals surface area contributed by atoms with Crippen LogP contribution in [0.3, 0.4) is 0 Å². The average molecular weight is 587 g/mol. The van der Waals surface area contributed by atoms with Gasteiger partial charge in [-0.05, 0) is 84.8 Å². The maximum Gasteiger partial charge on any atom is 0.256 e. The molecule has 3 amide bonds.